The standard InChI is InChI=1S/C27H31N3O4/c1-2-8-24-28-30(25(31)17-19-9-4-3-5-10-19)27(34)29(24)18-20-13-15-21(16-14-20)22-11-6-7-12-23(22)26(32)33/h6-7,11-16,19H,2-5,8-10,17-18H2,1H3,(H,32,33). The summed E-state index contributed by atoms with van der Waals surface area (Å²) in [5.41, 5.74) is 2.18. The van der Waals surface area contributed by atoms with E-state index >= 15 is 0 Å². The van der Waals surface area contributed by atoms with Crippen LogP contribution in [0.4, 0.5) is 0 Å². The van der Waals surface area contributed by atoms with E-state index < -0.39 is 5.97 Å². The van der Waals surface area contributed by atoms with Crippen molar-refractivity contribution >= 4 is 11.9 Å². The quantitative estimate of drug-likeness (QED) is 0.508. The number of hydrogen-bond donors (Lipinski definition) is 1. The van der Waals surface area contributed by atoms with Gasteiger partial charge in [-0.3, -0.25) is 9.36 Å². The zero-order chi connectivity index (χ0) is 24.1. The van der Waals surface area contributed by atoms with Gasteiger partial charge in [-0.15, -0.1) is 9.78 Å². The Hall–Kier alpha value is -3.48. The van der Waals surface area contributed by atoms with Gasteiger partial charge in [0.15, 0.2) is 0 Å². The largest absolute Gasteiger partial charge is 0.478 e. The van der Waals surface area contributed by atoms with Crippen molar-refractivity contribution < 1.29 is 14.7 Å². The zero-order valence-electron chi connectivity index (χ0n) is 19.6. The molecule has 1 heterocycles. The van der Waals surface area contributed by atoms with Gasteiger partial charge in [0, 0.05) is 12.8 Å². The van der Waals surface area contributed by atoms with Crippen molar-refractivity contribution in [1.82, 2.24) is 14.3 Å². The third kappa shape index (κ3) is 5.19. The molecular formula is C27H31N3O4. The van der Waals surface area contributed by atoms with Gasteiger partial charge in [-0.2, -0.15) is 0 Å². The van der Waals surface area contributed by atoms with Gasteiger partial charge in [-0.25, -0.2) is 9.59 Å². The number of aromatic nitrogens is 3. The van der Waals surface area contributed by atoms with Gasteiger partial charge in [0.25, 0.3) is 5.91 Å². The molecule has 178 valence electrons. The van der Waals surface area contributed by atoms with Gasteiger partial charge in [-0.1, -0.05) is 68.7 Å². The second-order valence-corrected chi connectivity index (χ2v) is 9.10. The van der Waals surface area contributed by atoms with Crippen LogP contribution < -0.4 is 5.69 Å². The Balaban J connectivity index is 1.57. The van der Waals surface area contributed by atoms with E-state index in [1.165, 1.54) is 6.42 Å². The first-order chi connectivity index (χ1) is 16.5. The summed E-state index contributed by atoms with van der Waals surface area (Å²) in [6.07, 6.45) is 7.41. The van der Waals surface area contributed by atoms with E-state index in [0.29, 0.717) is 36.7 Å². The number of carboxylic acids is 1. The average molecular weight is 462 g/mol. The van der Waals surface area contributed by atoms with E-state index in [1.807, 2.05) is 37.3 Å². The predicted octanol–water partition coefficient (Wildman–Crippen LogP) is 5.02. The summed E-state index contributed by atoms with van der Waals surface area (Å²) < 4.78 is 2.65. The lowest BCUT2D eigenvalue weighted by atomic mass is 9.87. The molecule has 7 heteroatoms. The summed E-state index contributed by atoms with van der Waals surface area (Å²) in [5, 5.41) is 13.9. The molecule has 0 atom stereocenters. The van der Waals surface area contributed by atoms with Crippen molar-refractivity contribution in [3.05, 3.63) is 76.0 Å². The number of benzene rings is 2. The lowest BCUT2D eigenvalue weighted by Crippen LogP contribution is -2.31. The van der Waals surface area contributed by atoms with Crippen LogP contribution in [0.25, 0.3) is 11.1 Å². The van der Waals surface area contributed by atoms with Crippen LogP contribution in [-0.4, -0.2) is 31.3 Å². The molecule has 1 N–H and O–H groups in total. The van der Waals surface area contributed by atoms with Crippen molar-refractivity contribution in [2.75, 3.05) is 0 Å². The Kier molecular flexibility index (Phi) is 7.40. The van der Waals surface area contributed by atoms with Gasteiger partial charge < -0.3 is 5.11 Å². The highest BCUT2D eigenvalue weighted by Gasteiger charge is 2.23. The van der Waals surface area contributed by atoms with Crippen LogP contribution in [0.15, 0.2) is 53.3 Å². The van der Waals surface area contributed by atoms with E-state index in [4.69, 9.17) is 0 Å². The molecule has 1 aliphatic carbocycles. The molecule has 0 amide bonds. The van der Waals surface area contributed by atoms with E-state index in [1.54, 1.807) is 22.8 Å². The molecule has 0 radical (unpaired) electrons. The molecule has 1 fully saturated rings. The predicted molar refractivity (Wildman–Crippen MR) is 130 cm³/mol. The van der Waals surface area contributed by atoms with Crippen molar-refractivity contribution in [3.63, 3.8) is 0 Å². The second kappa shape index (κ2) is 10.6. The summed E-state index contributed by atoms with van der Waals surface area (Å²) in [6.45, 7) is 2.33. The molecule has 7 nitrogen and oxygen atoms in total. The maximum atomic E-state index is 13.1. The van der Waals surface area contributed by atoms with E-state index in [9.17, 15) is 19.5 Å². The monoisotopic (exact) mass is 461 g/mol. The molecule has 1 saturated carbocycles. The van der Waals surface area contributed by atoms with Crippen molar-refractivity contribution in [1.29, 1.82) is 0 Å². The maximum absolute atomic E-state index is 13.1. The molecule has 4 rings (SSSR count). The molecule has 0 bridgehead atoms. The highest BCUT2D eigenvalue weighted by molar-refractivity contribution is 5.96. The molecule has 2 aromatic carbocycles. The van der Waals surface area contributed by atoms with Crippen LogP contribution in [0, 0.1) is 5.92 Å². The minimum Gasteiger partial charge on any atom is -0.478 e. The van der Waals surface area contributed by atoms with Gasteiger partial charge in [0.2, 0.25) is 0 Å². The normalized spacial score (nSPS) is 14.3. The number of carbonyl (C=O) groups excluding carboxylic acids is 1. The van der Waals surface area contributed by atoms with E-state index in [2.05, 4.69) is 5.10 Å². The van der Waals surface area contributed by atoms with Gasteiger partial charge in [-0.05, 0) is 47.9 Å². The van der Waals surface area contributed by atoms with Gasteiger partial charge in [0.05, 0.1) is 12.1 Å². The van der Waals surface area contributed by atoms with Crippen LogP contribution in [-0.2, 0) is 13.0 Å². The van der Waals surface area contributed by atoms with Crippen LogP contribution in [0.3, 0.4) is 0 Å². The van der Waals surface area contributed by atoms with Crippen molar-refractivity contribution in [2.45, 2.75) is 64.8 Å². The van der Waals surface area contributed by atoms with Crippen LogP contribution in [0.1, 0.15) is 78.4 Å². The summed E-state index contributed by atoms with van der Waals surface area (Å²) in [6, 6.07) is 14.4. The lowest BCUT2D eigenvalue weighted by molar-refractivity contribution is 0.0697. The maximum Gasteiger partial charge on any atom is 0.353 e. The molecule has 0 aliphatic heterocycles. The third-order valence-corrected chi connectivity index (χ3v) is 6.60. The van der Waals surface area contributed by atoms with Crippen LogP contribution in [0.2, 0.25) is 0 Å². The minimum atomic E-state index is -0.972. The Morgan fingerprint density at radius 3 is 2.41 bits per heavy atom. The molecule has 34 heavy (non-hydrogen) atoms. The van der Waals surface area contributed by atoms with Crippen LogP contribution in [0.5, 0.6) is 0 Å². The lowest BCUT2D eigenvalue weighted by Gasteiger charge is -2.20. The number of rotatable bonds is 8. The Morgan fingerprint density at radius 1 is 1.03 bits per heavy atom. The average Bonchev–Trinajstić information content (AvgIpc) is 3.15. The fourth-order valence-electron chi connectivity index (χ4n) is 4.79. The first kappa shape index (κ1) is 23.7. The highest BCUT2D eigenvalue weighted by atomic mass is 16.4. The van der Waals surface area contributed by atoms with E-state index in [-0.39, 0.29) is 17.2 Å². The molecule has 0 unspecified atom stereocenters. The van der Waals surface area contributed by atoms with Crippen molar-refractivity contribution in [3.8, 4) is 11.1 Å². The van der Waals surface area contributed by atoms with Gasteiger partial charge >= 0.3 is 11.7 Å². The number of carbonyl (C=O) groups is 2. The molecule has 1 aromatic heterocycles. The summed E-state index contributed by atoms with van der Waals surface area (Å²) in [5.74, 6) is -0.228. The smallest absolute Gasteiger partial charge is 0.353 e. The fourth-order valence-corrected chi connectivity index (χ4v) is 4.79. The first-order valence-electron chi connectivity index (χ1n) is 12.1. The van der Waals surface area contributed by atoms with Crippen LogP contribution >= 0.6 is 0 Å². The molecule has 1 aliphatic rings. The van der Waals surface area contributed by atoms with E-state index in [0.717, 1.165) is 47.9 Å². The zero-order valence-corrected chi connectivity index (χ0v) is 19.6. The molecule has 0 spiro atoms. The molecule has 3 aromatic rings. The number of carboxylic acid groups (broad SMARTS) is 1. The fraction of sp³-hybridized carbons (Fsp3) is 0.407. The highest BCUT2D eigenvalue weighted by Crippen LogP contribution is 2.27. The Bertz CT molecular complexity index is 1220. The topological polar surface area (TPSA) is 94.2 Å². The summed E-state index contributed by atoms with van der Waals surface area (Å²) in [7, 11) is 0. The summed E-state index contributed by atoms with van der Waals surface area (Å²) in [4.78, 5) is 37.6. The number of aryl methyl sites for hydroxylation is 1. The molecule has 0 saturated heterocycles. The van der Waals surface area contributed by atoms with Crippen molar-refractivity contribution in [2.24, 2.45) is 5.92 Å². The minimum absolute atomic E-state index is 0.214. The summed E-state index contributed by atoms with van der Waals surface area (Å²) >= 11 is 0. The van der Waals surface area contributed by atoms with Gasteiger partial charge in [0.1, 0.15) is 5.82 Å². The Morgan fingerprint density at radius 2 is 1.74 bits per heavy atom. The molecular weight excluding hydrogens is 430 g/mol. The number of aromatic carboxylic acids is 1. The third-order valence-electron chi connectivity index (χ3n) is 6.60. The number of hydrogen-bond acceptors (Lipinski definition) is 4. The second-order valence-electron chi connectivity index (χ2n) is 9.10. The SMILES string of the molecule is CCCc1nn(C(=O)CC2CCCCC2)c(=O)n1Cc1ccc(-c2ccccc2C(=O)O)cc1. The Labute approximate surface area is 199 Å². The number of nitrogens with zero attached hydrogens (tertiary/aromatic N) is 3. The first-order valence-corrected chi connectivity index (χ1v) is 12.1.